The molecule has 2 aromatic rings. The first-order valence-corrected chi connectivity index (χ1v) is 6.99. The molecular weight excluding hydrogens is 268 g/mol. The van der Waals surface area contributed by atoms with Crippen LogP contribution in [0.25, 0.3) is 10.2 Å². The first kappa shape index (κ1) is 12.9. The number of nitrogens with zero attached hydrogens (tertiary/aromatic N) is 2. The van der Waals surface area contributed by atoms with Gasteiger partial charge in [0.15, 0.2) is 0 Å². The SMILES string of the molecule is C#CCCSc1ncnc2sc(C(=O)O)c(C)c12. The number of fused-ring (bicyclic) bond motifs is 1. The van der Waals surface area contributed by atoms with Crippen molar-refractivity contribution in [2.45, 2.75) is 18.4 Å². The highest BCUT2D eigenvalue weighted by atomic mass is 32.2. The molecular formula is C12H10N2O2S2. The maximum Gasteiger partial charge on any atom is 0.346 e. The molecule has 0 aliphatic carbocycles. The number of hydrogen-bond donors (Lipinski definition) is 1. The molecule has 2 aromatic heterocycles. The maximum absolute atomic E-state index is 11.1. The van der Waals surface area contributed by atoms with Gasteiger partial charge in [-0.2, -0.15) is 0 Å². The fourth-order valence-corrected chi connectivity index (χ4v) is 3.54. The van der Waals surface area contributed by atoms with E-state index < -0.39 is 5.97 Å². The number of hydrogen-bond acceptors (Lipinski definition) is 5. The van der Waals surface area contributed by atoms with Crippen LogP contribution in [-0.4, -0.2) is 26.8 Å². The Balaban J connectivity index is 2.48. The van der Waals surface area contributed by atoms with Crippen LogP contribution in [0.15, 0.2) is 11.4 Å². The van der Waals surface area contributed by atoms with Gasteiger partial charge < -0.3 is 5.11 Å². The number of aryl methyl sites for hydroxylation is 1. The number of carbonyl (C=O) groups is 1. The van der Waals surface area contributed by atoms with Gasteiger partial charge >= 0.3 is 5.97 Å². The van der Waals surface area contributed by atoms with Crippen molar-refractivity contribution in [2.24, 2.45) is 0 Å². The summed E-state index contributed by atoms with van der Waals surface area (Å²) in [6.45, 7) is 1.79. The Morgan fingerprint density at radius 2 is 2.39 bits per heavy atom. The van der Waals surface area contributed by atoms with Gasteiger partial charge in [-0.25, -0.2) is 14.8 Å². The molecule has 0 aliphatic heterocycles. The van der Waals surface area contributed by atoms with Crippen molar-refractivity contribution in [3.63, 3.8) is 0 Å². The van der Waals surface area contributed by atoms with Gasteiger partial charge in [0.2, 0.25) is 0 Å². The van der Waals surface area contributed by atoms with Crippen molar-refractivity contribution in [1.82, 2.24) is 9.97 Å². The molecule has 92 valence electrons. The monoisotopic (exact) mass is 278 g/mol. The topological polar surface area (TPSA) is 63.1 Å². The zero-order valence-corrected chi connectivity index (χ0v) is 11.3. The molecule has 0 radical (unpaired) electrons. The van der Waals surface area contributed by atoms with Gasteiger partial charge in [0.05, 0.1) is 0 Å². The Bertz CT molecular complexity index is 643. The van der Waals surface area contributed by atoms with E-state index in [1.807, 2.05) is 0 Å². The minimum absolute atomic E-state index is 0.323. The fraction of sp³-hybridized carbons (Fsp3) is 0.250. The van der Waals surface area contributed by atoms with Crippen LogP contribution in [-0.2, 0) is 0 Å². The lowest BCUT2D eigenvalue weighted by molar-refractivity contribution is 0.0701. The first-order chi connectivity index (χ1) is 8.65. The Kier molecular flexibility index (Phi) is 3.84. The van der Waals surface area contributed by atoms with E-state index in [0.717, 1.165) is 21.7 Å². The normalized spacial score (nSPS) is 10.4. The second-order valence-corrected chi connectivity index (χ2v) is 5.61. The van der Waals surface area contributed by atoms with E-state index in [2.05, 4.69) is 15.9 Å². The lowest BCUT2D eigenvalue weighted by atomic mass is 10.2. The minimum Gasteiger partial charge on any atom is -0.477 e. The van der Waals surface area contributed by atoms with Crippen molar-refractivity contribution in [3.8, 4) is 12.3 Å². The molecule has 0 amide bonds. The van der Waals surface area contributed by atoms with Gasteiger partial charge in [-0.1, -0.05) is 0 Å². The van der Waals surface area contributed by atoms with E-state index in [9.17, 15) is 4.79 Å². The van der Waals surface area contributed by atoms with Crippen LogP contribution >= 0.6 is 23.1 Å². The summed E-state index contributed by atoms with van der Waals surface area (Å²) in [5, 5.41) is 10.7. The summed E-state index contributed by atoms with van der Waals surface area (Å²) >= 11 is 2.71. The third kappa shape index (κ3) is 2.33. The van der Waals surface area contributed by atoms with Gasteiger partial charge in [-0.3, -0.25) is 0 Å². The molecule has 0 atom stereocenters. The predicted molar refractivity (Wildman–Crippen MR) is 73.3 cm³/mol. The van der Waals surface area contributed by atoms with Crippen LogP contribution in [0.2, 0.25) is 0 Å². The third-order valence-electron chi connectivity index (χ3n) is 2.37. The molecule has 1 N–H and O–H groups in total. The van der Waals surface area contributed by atoms with Gasteiger partial charge in [0.25, 0.3) is 0 Å². The Labute approximate surface area is 112 Å². The van der Waals surface area contributed by atoms with E-state index in [1.165, 1.54) is 29.4 Å². The summed E-state index contributed by atoms with van der Waals surface area (Å²) in [4.78, 5) is 20.5. The Hall–Kier alpha value is -1.58. The zero-order valence-electron chi connectivity index (χ0n) is 9.64. The van der Waals surface area contributed by atoms with Crippen molar-refractivity contribution in [3.05, 3.63) is 16.8 Å². The number of carboxylic acid groups (broad SMARTS) is 1. The number of rotatable bonds is 4. The van der Waals surface area contributed by atoms with Crippen LogP contribution in [0.3, 0.4) is 0 Å². The molecule has 2 heterocycles. The predicted octanol–water partition coefficient (Wildman–Crippen LogP) is 2.81. The lowest BCUT2D eigenvalue weighted by Crippen LogP contribution is -1.94. The molecule has 0 saturated carbocycles. The molecule has 4 nitrogen and oxygen atoms in total. The van der Waals surface area contributed by atoms with Gasteiger partial charge in [0.1, 0.15) is 21.1 Å². The standard InChI is InChI=1S/C12H10N2O2S2/c1-3-4-5-17-10-8-7(2)9(12(15)16)18-11(8)14-6-13-10/h1,6H,4-5H2,2H3,(H,15,16). The quantitative estimate of drug-likeness (QED) is 0.403. The Morgan fingerprint density at radius 1 is 1.61 bits per heavy atom. The van der Waals surface area contributed by atoms with E-state index in [1.54, 1.807) is 6.92 Å². The average Bonchev–Trinajstić information content (AvgIpc) is 2.68. The number of terminal acetylenes is 1. The van der Waals surface area contributed by atoms with Gasteiger partial charge in [-0.15, -0.1) is 35.4 Å². The second kappa shape index (κ2) is 5.38. The molecule has 2 rings (SSSR count). The van der Waals surface area contributed by atoms with E-state index in [4.69, 9.17) is 11.5 Å². The number of aromatic nitrogens is 2. The van der Waals surface area contributed by atoms with E-state index >= 15 is 0 Å². The molecule has 18 heavy (non-hydrogen) atoms. The van der Waals surface area contributed by atoms with Crippen LogP contribution in [0, 0.1) is 19.3 Å². The minimum atomic E-state index is -0.921. The largest absolute Gasteiger partial charge is 0.477 e. The summed E-state index contributed by atoms with van der Waals surface area (Å²) in [5.41, 5.74) is 0.728. The van der Waals surface area contributed by atoms with Crippen molar-refractivity contribution >= 4 is 39.3 Å². The summed E-state index contributed by atoms with van der Waals surface area (Å²) in [5.74, 6) is 2.41. The summed E-state index contributed by atoms with van der Waals surface area (Å²) in [6.07, 6.45) is 7.33. The number of thiophene rings is 1. The van der Waals surface area contributed by atoms with Crippen LogP contribution < -0.4 is 0 Å². The molecule has 0 unspecified atom stereocenters. The summed E-state index contributed by atoms with van der Waals surface area (Å²) < 4.78 is 0. The molecule has 0 fully saturated rings. The van der Waals surface area contributed by atoms with Crippen LogP contribution in [0.5, 0.6) is 0 Å². The molecule has 0 aliphatic rings. The average molecular weight is 278 g/mol. The highest BCUT2D eigenvalue weighted by molar-refractivity contribution is 7.99. The molecule has 0 saturated heterocycles. The van der Waals surface area contributed by atoms with Gasteiger partial charge in [0, 0.05) is 17.6 Å². The number of thioether (sulfide) groups is 1. The van der Waals surface area contributed by atoms with Crippen LogP contribution in [0.4, 0.5) is 0 Å². The highest BCUT2D eigenvalue weighted by Gasteiger charge is 2.18. The molecule has 6 heteroatoms. The summed E-state index contributed by atoms with van der Waals surface area (Å²) in [7, 11) is 0. The fourth-order valence-electron chi connectivity index (χ4n) is 1.56. The third-order valence-corrected chi connectivity index (χ3v) is 4.55. The summed E-state index contributed by atoms with van der Waals surface area (Å²) in [6, 6.07) is 0. The van der Waals surface area contributed by atoms with E-state index in [0.29, 0.717) is 16.1 Å². The van der Waals surface area contributed by atoms with Crippen molar-refractivity contribution in [1.29, 1.82) is 0 Å². The highest BCUT2D eigenvalue weighted by Crippen LogP contribution is 2.34. The lowest BCUT2D eigenvalue weighted by Gasteiger charge is -2.01. The zero-order chi connectivity index (χ0) is 13.1. The van der Waals surface area contributed by atoms with Crippen LogP contribution in [0.1, 0.15) is 21.7 Å². The van der Waals surface area contributed by atoms with Crippen molar-refractivity contribution < 1.29 is 9.90 Å². The van der Waals surface area contributed by atoms with Gasteiger partial charge in [-0.05, 0) is 12.5 Å². The smallest absolute Gasteiger partial charge is 0.346 e. The molecule has 0 aromatic carbocycles. The number of aromatic carboxylic acids is 1. The Morgan fingerprint density at radius 3 is 3.06 bits per heavy atom. The van der Waals surface area contributed by atoms with Crippen molar-refractivity contribution in [2.75, 3.05) is 5.75 Å². The first-order valence-electron chi connectivity index (χ1n) is 5.18. The molecule has 0 spiro atoms. The molecule has 0 bridgehead atoms. The number of carboxylic acids is 1. The van der Waals surface area contributed by atoms with E-state index in [-0.39, 0.29) is 0 Å². The maximum atomic E-state index is 11.1. The second-order valence-electron chi connectivity index (χ2n) is 3.52.